The Kier molecular flexibility index (Phi) is 5.82. The molecule has 130 valence electrons. The average molecular weight is 374 g/mol. The number of hydrogen-bond acceptors (Lipinski definition) is 1. The summed E-state index contributed by atoms with van der Waals surface area (Å²) in [4.78, 5) is 12.2. The zero-order valence-corrected chi connectivity index (χ0v) is 15.7. The Morgan fingerprint density at radius 2 is 1.84 bits per heavy atom. The first-order valence-electron chi connectivity index (χ1n) is 8.58. The molecule has 3 rings (SSSR count). The van der Waals surface area contributed by atoms with Crippen LogP contribution >= 0.6 is 23.2 Å². The smallest absolute Gasteiger partial charge is 0.244 e. The van der Waals surface area contributed by atoms with Gasteiger partial charge in [0.1, 0.15) is 0 Å². The number of amides is 1. The molecule has 0 fully saturated rings. The number of carbonyl (C=O) groups excluding carboxylic acids is 1. The van der Waals surface area contributed by atoms with Crippen LogP contribution in [0.1, 0.15) is 48.1 Å². The van der Waals surface area contributed by atoms with E-state index >= 15 is 0 Å². The molecule has 1 N–H and O–H groups in total. The maximum Gasteiger partial charge on any atom is 0.244 e. The lowest BCUT2D eigenvalue weighted by Crippen LogP contribution is -2.24. The molecule has 0 radical (unpaired) electrons. The molecular weight excluding hydrogens is 353 g/mol. The van der Waals surface area contributed by atoms with E-state index in [1.807, 2.05) is 6.92 Å². The van der Waals surface area contributed by atoms with E-state index in [0.717, 1.165) is 17.5 Å². The van der Waals surface area contributed by atoms with Crippen LogP contribution in [0.4, 0.5) is 0 Å². The summed E-state index contributed by atoms with van der Waals surface area (Å²) in [6.45, 7) is 2.01. The van der Waals surface area contributed by atoms with Crippen LogP contribution in [0.15, 0.2) is 42.5 Å². The Balaban J connectivity index is 1.65. The van der Waals surface area contributed by atoms with Crippen molar-refractivity contribution in [3.05, 3.63) is 74.8 Å². The predicted molar refractivity (Wildman–Crippen MR) is 105 cm³/mol. The third kappa shape index (κ3) is 4.65. The molecule has 1 aliphatic rings. The minimum Gasteiger partial charge on any atom is -0.346 e. The van der Waals surface area contributed by atoms with Gasteiger partial charge in [-0.15, -0.1) is 0 Å². The molecule has 1 amide bonds. The van der Waals surface area contributed by atoms with Crippen molar-refractivity contribution < 1.29 is 4.79 Å². The molecule has 1 aliphatic carbocycles. The van der Waals surface area contributed by atoms with E-state index in [4.69, 9.17) is 23.2 Å². The summed E-state index contributed by atoms with van der Waals surface area (Å²) < 4.78 is 0. The SMILES string of the molecule is C[C@@H](NC(=O)/C=C/c1ccc(Cl)cc1Cl)c1ccc2c(c1)CCCC2. The molecule has 0 bridgehead atoms. The van der Waals surface area contributed by atoms with Crippen LogP contribution in [0.5, 0.6) is 0 Å². The fourth-order valence-corrected chi connectivity index (χ4v) is 3.64. The van der Waals surface area contributed by atoms with E-state index in [9.17, 15) is 4.79 Å². The van der Waals surface area contributed by atoms with Gasteiger partial charge < -0.3 is 5.32 Å². The summed E-state index contributed by atoms with van der Waals surface area (Å²) in [5.41, 5.74) is 4.79. The standard InChI is InChI=1S/C21H21Cl2NO/c1-14(17-7-6-15-4-2-3-5-18(15)12-17)24-21(25)11-9-16-8-10-19(22)13-20(16)23/h6-14H,2-5H2,1H3,(H,24,25)/b11-9+/t14-/m1/s1. The second-order valence-electron chi connectivity index (χ2n) is 6.46. The maximum absolute atomic E-state index is 12.2. The molecule has 2 aromatic carbocycles. The van der Waals surface area contributed by atoms with Crippen molar-refractivity contribution in [2.24, 2.45) is 0 Å². The summed E-state index contributed by atoms with van der Waals surface area (Å²) >= 11 is 12.0. The highest BCUT2D eigenvalue weighted by Crippen LogP contribution is 2.25. The van der Waals surface area contributed by atoms with Gasteiger partial charge in [-0.25, -0.2) is 0 Å². The fourth-order valence-electron chi connectivity index (χ4n) is 3.17. The topological polar surface area (TPSA) is 29.1 Å². The fraction of sp³-hybridized carbons (Fsp3) is 0.286. The highest BCUT2D eigenvalue weighted by molar-refractivity contribution is 6.35. The second kappa shape index (κ2) is 8.07. The molecule has 2 aromatic rings. The Labute approximate surface area is 158 Å². The van der Waals surface area contributed by atoms with Crippen LogP contribution in [0.25, 0.3) is 6.08 Å². The Morgan fingerprint density at radius 3 is 2.60 bits per heavy atom. The summed E-state index contributed by atoms with van der Waals surface area (Å²) in [6, 6.07) is 11.7. The molecule has 0 saturated heterocycles. The van der Waals surface area contributed by atoms with Crippen molar-refractivity contribution in [3.8, 4) is 0 Å². The Hall–Kier alpha value is -1.77. The monoisotopic (exact) mass is 373 g/mol. The van der Waals surface area contributed by atoms with Gasteiger partial charge in [0.25, 0.3) is 0 Å². The number of nitrogens with one attached hydrogen (secondary N) is 1. The number of halogens is 2. The molecule has 0 heterocycles. The van der Waals surface area contributed by atoms with Gasteiger partial charge in [0.2, 0.25) is 5.91 Å². The molecule has 0 saturated carbocycles. The van der Waals surface area contributed by atoms with Gasteiger partial charge in [0, 0.05) is 16.1 Å². The normalized spacial score (nSPS) is 15.0. The van der Waals surface area contributed by atoms with E-state index in [1.165, 1.54) is 36.5 Å². The van der Waals surface area contributed by atoms with Crippen molar-refractivity contribution in [1.29, 1.82) is 0 Å². The molecule has 2 nitrogen and oxygen atoms in total. The third-order valence-corrected chi connectivity index (χ3v) is 5.17. The van der Waals surface area contributed by atoms with Gasteiger partial charge >= 0.3 is 0 Å². The van der Waals surface area contributed by atoms with Gasteiger partial charge in [-0.3, -0.25) is 4.79 Å². The molecule has 0 unspecified atom stereocenters. The van der Waals surface area contributed by atoms with Gasteiger partial charge in [-0.1, -0.05) is 47.5 Å². The van der Waals surface area contributed by atoms with E-state index < -0.39 is 0 Å². The quantitative estimate of drug-likeness (QED) is 0.677. The van der Waals surface area contributed by atoms with E-state index in [1.54, 1.807) is 24.3 Å². The Morgan fingerprint density at radius 1 is 1.08 bits per heavy atom. The lowest BCUT2D eigenvalue weighted by molar-refractivity contribution is -0.117. The largest absolute Gasteiger partial charge is 0.346 e. The summed E-state index contributed by atoms with van der Waals surface area (Å²) in [5, 5.41) is 4.11. The number of benzene rings is 2. The highest BCUT2D eigenvalue weighted by atomic mass is 35.5. The van der Waals surface area contributed by atoms with Crippen LogP contribution in [0.3, 0.4) is 0 Å². The zero-order valence-electron chi connectivity index (χ0n) is 14.2. The number of rotatable bonds is 4. The maximum atomic E-state index is 12.2. The molecule has 0 aromatic heterocycles. The van der Waals surface area contributed by atoms with Gasteiger partial charge in [-0.05, 0) is 73.1 Å². The first-order chi connectivity index (χ1) is 12.0. The molecule has 4 heteroatoms. The minimum absolute atomic E-state index is 0.0370. The lowest BCUT2D eigenvalue weighted by atomic mass is 9.89. The minimum atomic E-state index is -0.142. The third-order valence-electron chi connectivity index (χ3n) is 4.61. The van der Waals surface area contributed by atoms with E-state index in [2.05, 4.69) is 23.5 Å². The van der Waals surface area contributed by atoms with Crippen molar-refractivity contribution in [1.82, 2.24) is 5.32 Å². The van der Waals surface area contributed by atoms with Gasteiger partial charge in [-0.2, -0.15) is 0 Å². The van der Waals surface area contributed by atoms with Crippen LogP contribution < -0.4 is 5.32 Å². The predicted octanol–water partition coefficient (Wildman–Crippen LogP) is 5.76. The average Bonchev–Trinajstić information content (AvgIpc) is 2.60. The summed E-state index contributed by atoms with van der Waals surface area (Å²) in [7, 11) is 0. The van der Waals surface area contributed by atoms with Crippen LogP contribution in [-0.4, -0.2) is 5.91 Å². The van der Waals surface area contributed by atoms with Crippen LogP contribution in [-0.2, 0) is 17.6 Å². The van der Waals surface area contributed by atoms with Crippen LogP contribution in [0, 0.1) is 0 Å². The van der Waals surface area contributed by atoms with Crippen molar-refractivity contribution in [2.45, 2.75) is 38.6 Å². The van der Waals surface area contributed by atoms with Crippen molar-refractivity contribution in [2.75, 3.05) is 0 Å². The number of fused-ring (bicyclic) bond motifs is 1. The molecule has 0 aliphatic heterocycles. The first kappa shape index (κ1) is 18.0. The number of hydrogen-bond donors (Lipinski definition) is 1. The van der Waals surface area contributed by atoms with Gasteiger partial charge in [0.05, 0.1) is 6.04 Å². The zero-order chi connectivity index (χ0) is 17.8. The van der Waals surface area contributed by atoms with Crippen molar-refractivity contribution >= 4 is 35.2 Å². The molecule has 1 atom stereocenters. The van der Waals surface area contributed by atoms with Gasteiger partial charge in [0.15, 0.2) is 0 Å². The molecular formula is C21H21Cl2NO. The molecule has 0 spiro atoms. The highest BCUT2D eigenvalue weighted by Gasteiger charge is 2.13. The Bertz CT molecular complexity index is 814. The number of aryl methyl sites for hydroxylation is 2. The van der Waals surface area contributed by atoms with Crippen LogP contribution in [0.2, 0.25) is 10.0 Å². The first-order valence-corrected chi connectivity index (χ1v) is 9.34. The van der Waals surface area contributed by atoms with E-state index in [0.29, 0.717) is 10.0 Å². The molecule has 25 heavy (non-hydrogen) atoms. The second-order valence-corrected chi connectivity index (χ2v) is 7.31. The summed E-state index contributed by atoms with van der Waals surface area (Å²) in [6.07, 6.45) is 8.04. The van der Waals surface area contributed by atoms with Crippen molar-refractivity contribution in [3.63, 3.8) is 0 Å². The van der Waals surface area contributed by atoms with E-state index in [-0.39, 0.29) is 11.9 Å². The number of carbonyl (C=O) groups is 1. The lowest BCUT2D eigenvalue weighted by Gasteiger charge is -2.19. The summed E-state index contributed by atoms with van der Waals surface area (Å²) in [5.74, 6) is -0.142.